The van der Waals surface area contributed by atoms with E-state index >= 15 is 0 Å². The second-order valence-corrected chi connectivity index (χ2v) is 4.40. The van der Waals surface area contributed by atoms with Gasteiger partial charge in [-0.3, -0.25) is 0 Å². The van der Waals surface area contributed by atoms with Crippen LogP contribution in [-0.4, -0.2) is 24.9 Å². The van der Waals surface area contributed by atoms with Gasteiger partial charge in [0, 0.05) is 0 Å². The molecule has 0 radical (unpaired) electrons. The largest absolute Gasteiger partial charge is 0.341 e. The molecule has 0 atom stereocenters. The van der Waals surface area contributed by atoms with Crippen LogP contribution < -0.4 is 11.3 Å². The minimum atomic E-state index is 0.606. The maximum absolute atomic E-state index is 5.32. The van der Waals surface area contributed by atoms with Crippen molar-refractivity contribution in [3.05, 3.63) is 30.9 Å². The Hall–Kier alpha value is -2.19. The summed E-state index contributed by atoms with van der Waals surface area (Å²) in [4.78, 5) is 19.7. The smallest absolute Gasteiger partial charge is 0.181 e. The molecule has 3 rings (SSSR count). The first kappa shape index (κ1) is 10.9. The van der Waals surface area contributed by atoms with Gasteiger partial charge in [0.2, 0.25) is 0 Å². The molecule has 0 aliphatic carbocycles. The van der Waals surface area contributed by atoms with E-state index < -0.39 is 0 Å². The number of H-pyrrole nitrogens is 1. The number of nitrogens with zero attached hydrogens (tertiary/aromatic N) is 4. The number of hydrogen-bond acceptors (Lipinski definition) is 7. The average molecular weight is 259 g/mol. The van der Waals surface area contributed by atoms with Crippen molar-refractivity contribution >= 4 is 28.7 Å². The first-order chi connectivity index (χ1) is 8.86. The Bertz CT molecular complexity index is 681. The molecule has 3 aromatic rings. The normalized spacial score (nSPS) is 10.7. The van der Waals surface area contributed by atoms with Crippen molar-refractivity contribution in [2.45, 2.75) is 10.1 Å². The molecule has 0 bridgehead atoms. The molecule has 90 valence electrons. The van der Waals surface area contributed by atoms with Gasteiger partial charge < -0.3 is 10.4 Å². The molecule has 0 saturated heterocycles. The van der Waals surface area contributed by atoms with Crippen LogP contribution in [0.1, 0.15) is 0 Å². The first-order valence-electron chi connectivity index (χ1n) is 5.12. The monoisotopic (exact) mass is 259 g/mol. The van der Waals surface area contributed by atoms with E-state index in [2.05, 4.69) is 30.3 Å². The van der Waals surface area contributed by atoms with Crippen LogP contribution in [-0.2, 0) is 0 Å². The third-order valence-corrected chi connectivity index (χ3v) is 3.20. The summed E-state index contributed by atoms with van der Waals surface area (Å²) >= 11 is 1.42. The van der Waals surface area contributed by atoms with Crippen LogP contribution in [0.2, 0.25) is 0 Å². The predicted molar refractivity (Wildman–Crippen MR) is 67.9 cm³/mol. The quantitative estimate of drug-likeness (QED) is 0.368. The van der Waals surface area contributed by atoms with Crippen molar-refractivity contribution in [1.29, 1.82) is 0 Å². The highest BCUT2D eigenvalue weighted by molar-refractivity contribution is 7.99. The third kappa shape index (κ3) is 1.98. The van der Waals surface area contributed by atoms with E-state index in [0.717, 1.165) is 15.6 Å². The number of rotatable bonds is 3. The zero-order valence-electron chi connectivity index (χ0n) is 9.16. The molecule has 8 heteroatoms. The van der Waals surface area contributed by atoms with E-state index in [-0.39, 0.29) is 0 Å². The molecule has 3 heterocycles. The third-order valence-electron chi connectivity index (χ3n) is 2.26. The number of aromatic nitrogens is 5. The Morgan fingerprint density at radius 1 is 1.22 bits per heavy atom. The fraction of sp³-hybridized carbons (Fsp3) is 0. The molecule has 18 heavy (non-hydrogen) atoms. The molecular weight excluding hydrogens is 250 g/mol. The number of imidazole rings is 1. The van der Waals surface area contributed by atoms with E-state index in [4.69, 9.17) is 5.84 Å². The highest BCUT2D eigenvalue weighted by atomic mass is 32.2. The van der Waals surface area contributed by atoms with Gasteiger partial charge in [-0.2, -0.15) is 0 Å². The second kappa shape index (κ2) is 4.59. The highest BCUT2D eigenvalue weighted by Gasteiger charge is 2.08. The van der Waals surface area contributed by atoms with E-state index in [0.29, 0.717) is 11.5 Å². The van der Waals surface area contributed by atoms with Crippen LogP contribution in [0.5, 0.6) is 0 Å². The number of nitrogens with two attached hydrogens (primary N) is 1. The molecule has 0 spiro atoms. The van der Waals surface area contributed by atoms with Crippen molar-refractivity contribution in [3.8, 4) is 0 Å². The molecule has 0 unspecified atom stereocenters. The van der Waals surface area contributed by atoms with E-state index in [1.807, 2.05) is 12.1 Å². The minimum Gasteiger partial charge on any atom is -0.341 e. The number of hydrazine groups is 1. The summed E-state index contributed by atoms with van der Waals surface area (Å²) in [6.07, 6.45) is 3.07. The van der Waals surface area contributed by atoms with Gasteiger partial charge in [0.25, 0.3) is 0 Å². The van der Waals surface area contributed by atoms with E-state index in [9.17, 15) is 0 Å². The highest BCUT2D eigenvalue weighted by Crippen LogP contribution is 2.28. The van der Waals surface area contributed by atoms with Gasteiger partial charge in [-0.05, 0) is 23.9 Å². The Balaban J connectivity index is 1.98. The summed E-state index contributed by atoms with van der Waals surface area (Å²) < 4.78 is 0. The van der Waals surface area contributed by atoms with Gasteiger partial charge in [0.15, 0.2) is 5.65 Å². The Morgan fingerprint density at radius 2 is 2.17 bits per heavy atom. The lowest BCUT2D eigenvalue weighted by Crippen LogP contribution is -2.08. The fourth-order valence-corrected chi connectivity index (χ4v) is 2.31. The molecule has 0 aliphatic heterocycles. The summed E-state index contributed by atoms with van der Waals surface area (Å²) in [5, 5.41) is 1.57. The van der Waals surface area contributed by atoms with Gasteiger partial charge in [0.05, 0.1) is 6.33 Å². The van der Waals surface area contributed by atoms with Crippen molar-refractivity contribution in [2.24, 2.45) is 5.84 Å². The Kier molecular flexibility index (Phi) is 2.79. The van der Waals surface area contributed by atoms with Crippen molar-refractivity contribution < 1.29 is 0 Å². The van der Waals surface area contributed by atoms with Gasteiger partial charge in [0.1, 0.15) is 27.7 Å². The SMILES string of the molecule is NNc1cccc(Sc2ncnc3nc[nH]c23)n1. The molecule has 4 N–H and O–H groups in total. The number of nitrogen functional groups attached to an aromatic ring is 1. The number of aromatic amines is 1. The molecule has 0 amide bonds. The van der Waals surface area contributed by atoms with E-state index in [1.54, 1.807) is 12.4 Å². The molecule has 7 nitrogen and oxygen atoms in total. The summed E-state index contributed by atoms with van der Waals surface area (Å²) in [6, 6.07) is 5.54. The first-order valence-corrected chi connectivity index (χ1v) is 5.94. The molecule has 3 aromatic heterocycles. The number of anilines is 1. The lowest BCUT2D eigenvalue weighted by atomic mass is 10.5. The van der Waals surface area contributed by atoms with Gasteiger partial charge in [-0.15, -0.1) is 0 Å². The predicted octanol–water partition coefficient (Wildman–Crippen LogP) is 1.18. The second-order valence-electron chi connectivity index (χ2n) is 3.39. The topological polar surface area (TPSA) is 105 Å². The fourth-order valence-electron chi connectivity index (χ4n) is 1.47. The van der Waals surface area contributed by atoms with Crippen LogP contribution >= 0.6 is 11.8 Å². The number of nitrogens with one attached hydrogen (secondary N) is 2. The molecular formula is C10H9N7S. The zero-order valence-corrected chi connectivity index (χ0v) is 9.98. The van der Waals surface area contributed by atoms with Gasteiger partial charge in [-0.25, -0.2) is 25.8 Å². The number of fused-ring (bicyclic) bond motifs is 1. The molecule has 0 saturated carbocycles. The van der Waals surface area contributed by atoms with Crippen LogP contribution in [0.3, 0.4) is 0 Å². The Labute approximate surface area is 106 Å². The summed E-state index contributed by atoms with van der Waals surface area (Å²) in [5.74, 6) is 5.93. The minimum absolute atomic E-state index is 0.606. The lowest BCUT2D eigenvalue weighted by Gasteiger charge is -2.03. The molecule has 0 aromatic carbocycles. The van der Waals surface area contributed by atoms with Crippen LogP contribution in [0.15, 0.2) is 40.9 Å². The number of pyridine rings is 1. The molecule has 0 fully saturated rings. The van der Waals surface area contributed by atoms with Crippen LogP contribution in [0.4, 0.5) is 5.82 Å². The van der Waals surface area contributed by atoms with Gasteiger partial charge >= 0.3 is 0 Å². The van der Waals surface area contributed by atoms with Crippen molar-refractivity contribution in [2.75, 3.05) is 5.43 Å². The maximum atomic E-state index is 5.32. The standard InChI is InChI=1S/C10H9N7S/c11-17-6-2-1-3-7(16-6)18-10-8-9(13-4-12-8)14-5-15-10/h1-5H,11H2,(H,16,17)(H,12,13,14,15). The van der Waals surface area contributed by atoms with Crippen LogP contribution in [0.25, 0.3) is 11.2 Å². The van der Waals surface area contributed by atoms with Crippen LogP contribution in [0, 0.1) is 0 Å². The van der Waals surface area contributed by atoms with Crippen molar-refractivity contribution in [3.63, 3.8) is 0 Å². The zero-order chi connectivity index (χ0) is 12.4. The Morgan fingerprint density at radius 3 is 3.06 bits per heavy atom. The van der Waals surface area contributed by atoms with Crippen molar-refractivity contribution in [1.82, 2.24) is 24.9 Å². The van der Waals surface area contributed by atoms with E-state index in [1.165, 1.54) is 18.1 Å². The molecule has 0 aliphatic rings. The van der Waals surface area contributed by atoms with Gasteiger partial charge in [-0.1, -0.05) is 6.07 Å². The summed E-state index contributed by atoms with van der Waals surface area (Å²) in [5.41, 5.74) is 3.95. The maximum Gasteiger partial charge on any atom is 0.181 e. The summed E-state index contributed by atoms with van der Waals surface area (Å²) in [6.45, 7) is 0. The lowest BCUT2D eigenvalue weighted by molar-refractivity contribution is 1.06. The summed E-state index contributed by atoms with van der Waals surface area (Å²) in [7, 11) is 0. The number of hydrogen-bond donors (Lipinski definition) is 3. The average Bonchev–Trinajstić information content (AvgIpc) is 2.88.